The number of hydrogen-bond acceptors (Lipinski definition) is 8. The molecule has 1 aromatic carbocycles. The predicted molar refractivity (Wildman–Crippen MR) is 115 cm³/mol. The zero-order valence-corrected chi connectivity index (χ0v) is 18.4. The van der Waals surface area contributed by atoms with E-state index >= 15 is 0 Å². The van der Waals surface area contributed by atoms with Gasteiger partial charge in [0.15, 0.2) is 5.43 Å². The van der Waals surface area contributed by atoms with Crippen molar-refractivity contribution in [1.29, 1.82) is 0 Å². The Morgan fingerprint density at radius 1 is 1.29 bits per heavy atom. The van der Waals surface area contributed by atoms with Gasteiger partial charge in [-0.1, -0.05) is 11.6 Å². The molecule has 0 amide bonds. The normalized spacial score (nSPS) is 19.3. The Balaban J connectivity index is 1.92. The van der Waals surface area contributed by atoms with Gasteiger partial charge in [0, 0.05) is 36.4 Å². The third kappa shape index (κ3) is 4.40. The summed E-state index contributed by atoms with van der Waals surface area (Å²) in [4.78, 5) is 30.1. The lowest BCUT2D eigenvalue weighted by Crippen LogP contribution is -2.45. The van der Waals surface area contributed by atoms with Gasteiger partial charge in [-0.25, -0.2) is 9.78 Å². The van der Waals surface area contributed by atoms with Crippen LogP contribution >= 0.6 is 11.6 Å². The number of likely N-dealkylation sites (N-methyl/N-ethyl adjacent to an activating group) is 1. The quantitative estimate of drug-likeness (QED) is 0.414. The summed E-state index contributed by atoms with van der Waals surface area (Å²) in [5, 5.41) is 20.8. The molecule has 34 heavy (non-hydrogen) atoms. The Labute approximate surface area is 195 Å². The van der Waals surface area contributed by atoms with Crippen LogP contribution in [0.15, 0.2) is 39.7 Å². The van der Waals surface area contributed by atoms with Crippen LogP contribution in [0.5, 0.6) is 11.5 Å². The van der Waals surface area contributed by atoms with Crippen molar-refractivity contribution in [3.05, 3.63) is 51.4 Å². The standard InChI is InChI=1S/C22H18ClF3N2O6/c1-28-6-4-10(16(9-28)34-21(32)22(24,25)26)17-12(29)7-13(30)18-14(31)8-15(33-19(17)18)11-3-2-5-27-20(11)23/h2-3,5,7-8,10,16,29-30H,4,6,9H2,1H3/t10-,16+/m0/s1. The first-order valence-electron chi connectivity index (χ1n) is 10.1. The zero-order chi connectivity index (χ0) is 24.8. The Bertz CT molecular complexity index is 1330. The van der Waals surface area contributed by atoms with Crippen molar-refractivity contribution in [2.75, 3.05) is 20.1 Å². The highest BCUT2D eigenvalue weighted by atomic mass is 35.5. The molecule has 0 aliphatic carbocycles. The summed E-state index contributed by atoms with van der Waals surface area (Å²) in [6, 6.07) is 5.08. The van der Waals surface area contributed by atoms with E-state index in [0.29, 0.717) is 6.54 Å². The molecule has 4 rings (SSSR count). The lowest BCUT2D eigenvalue weighted by atomic mass is 9.85. The van der Waals surface area contributed by atoms with Crippen LogP contribution in [0.1, 0.15) is 17.9 Å². The van der Waals surface area contributed by atoms with Crippen molar-refractivity contribution in [3.8, 4) is 22.8 Å². The number of aromatic hydroxyl groups is 2. The van der Waals surface area contributed by atoms with Gasteiger partial charge in [0.2, 0.25) is 0 Å². The molecular weight excluding hydrogens is 481 g/mol. The SMILES string of the molecule is CN1CC[C@H](c2c(O)cc(O)c3c(=O)cc(-c4cccnc4Cl)oc23)[C@H](OC(=O)C(F)(F)F)C1. The summed E-state index contributed by atoms with van der Waals surface area (Å²) >= 11 is 6.11. The number of likely N-dealkylation sites (tertiary alicyclic amines) is 1. The number of benzene rings is 1. The Kier molecular flexibility index (Phi) is 6.17. The number of rotatable bonds is 3. The maximum atomic E-state index is 12.9. The first-order chi connectivity index (χ1) is 16.0. The van der Waals surface area contributed by atoms with E-state index in [1.807, 2.05) is 0 Å². The van der Waals surface area contributed by atoms with Crippen LogP contribution in [0.3, 0.4) is 0 Å². The average molecular weight is 499 g/mol. The van der Waals surface area contributed by atoms with Crippen molar-refractivity contribution in [1.82, 2.24) is 9.88 Å². The van der Waals surface area contributed by atoms with Crippen molar-refractivity contribution in [2.45, 2.75) is 24.6 Å². The van der Waals surface area contributed by atoms with Crippen molar-refractivity contribution >= 4 is 28.5 Å². The average Bonchev–Trinajstić information content (AvgIpc) is 2.74. The van der Waals surface area contributed by atoms with E-state index in [4.69, 9.17) is 20.8 Å². The summed E-state index contributed by atoms with van der Waals surface area (Å²) in [6.07, 6.45) is -4.94. The van der Waals surface area contributed by atoms with Gasteiger partial charge in [-0.3, -0.25) is 4.79 Å². The summed E-state index contributed by atoms with van der Waals surface area (Å²) in [6.45, 7) is 0.331. The first kappa shape index (κ1) is 23.8. The molecule has 3 heterocycles. The monoisotopic (exact) mass is 498 g/mol. The number of phenolic OH excluding ortho intramolecular Hbond substituents is 2. The molecule has 2 aromatic heterocycles. The fraction of sp³-hybridized carbons (Fsp3) is 0.318. The number of halogens is 4. The highest BCUT2D eigenvalue weighted by Gasteiger charge is 2.45. The molecule has 1 aliphatic heterocycles. The minimum atomic E-state index is -5.21. The van der Waals surface area contributed by atoms with Crippen LogP contribution in [-0.2, 0) is 9.53 Å². The van der Waals surface area contributed by atoms with Gasteiger partial charge >= 0.3 is 12.1 Å². The van der Waals surface area contributed by atoms with Crippen molar-refractivity contribution < 1.29 is 37.3 Å². The molecule has 180 valence electrons. The van der Waals surface area contributed by atoms with Gasteiger partial charge in [-0.15, -0.1) is 0 Å². The zero-order valence-electron chi connectivity index (χ0n) is 17.6. The molecule has 3 aromatic rings. The number of alkyl halides is 3. The van der Waals surface area contributed by atoms with Gasteiger partial charge in [-0.05, 0) is 32.1 Å². The second kappa shape index (κ2) is 8.80. The number of nitrogens with zero attached hydrogens (tertiary/aromatic N) is 2. The van der Waals surface area contributed by atoms with Crippen LogP contribution < -0.4 is 5.43 Å². The molecule has 0 spiro atoms. The van der Waals surface area contributed by atoms with Gasteiger partial charge in [-0.2, -0.15) is 13.2 Å². The number of piperidine rings is 1. The van der Waals surface area contributed by atoms with Crippen molar-refractivity contribution in [2.24, 2.45) is 0 Å². The van der Waals surface area contributed by atoms with Crippen LogP contribution in [0.2, 0.25) is 5.15 Å². The molecule has 0 bridgehead atoms. The maximum Gasteiger partial charge on any atom is 0.490 e. The van der Waals surface area contributed by atoms with Gasteiger partial charge in [0.25, 0.3) is 0 Å². The predicted octanol–water partition coefficient (Wildman–Crippen LogP) is 3.81. The summed E-state index contributed by atoms with van der Waals surface area (Å²) in [5.74, 6) is -4.47. The number of phenols is 2. The van der Waals surface area contributed by atoms with E-state index in [-0.39, 0.29) is 46.0 Å². The molecule has 1 fully saturated rings. The molecule has 12 heteroatoms. The van der Waals surface area contributed by atoms with Crippen LogP contribution in [0.4, 0.5) is 13.2 Å². The largest absolute Gasteiger partial charge is 0.507 e. The second-order valence-electron chi connectivity index (χ2n) is 7.95. The third-order valence-electron chi connectivity index (χ3n) is 5.65. The fourth-order valence-electron chi connectivity index (χ4n) is 4.11. The van der Waals surface area contributed by atoms with E-state index in [0.717, 1.165) is 12.1 Å². The number of fused-ring (bicyclic) bond motifs is 1. The van der Waals surface area contributed by atoms with Gasteiger partial charge in [0.05, 0.1) is 5.56 Å². The smallest absolute Gasteiger partial charge is 0.490 e. The van der Waals surface area contributed by atoms with E-state index in [9.17, 15) is 33.0 Å². The maximum absolute atomic E-state index is 12.9. The molecule has 0 radical (unpaired) electrons. The molecule has 0 unspecified atom stereocenters. The van der Waals surface area contributed by atoms with Crippen LogP contribution in [0.25, 0.3) is 22.3 Å². The lowest BCUT2D eigenvalue weighted by molar-refractivity contribution is -0.207. The number of carbonyl (C=O) groups excluding carboxylic acids is 1. The van der Waals surface area contributed by atoms with E-state index in [2.05, 4.69) is 4.98 Å². The Morgan fingerprint density at radius 2 is 2.03 bits per heavy atom. The second-order valence-corrected chi connectivity index (χ2v) is 8.31. The van der Waals surface area contributed by atoms with Crippen LogP contribution in [-0.4, -0.2) is 58.5 Å². The fourth-order valence-corrected chi connectivity index (χ4v) is 4.32. The highest BCUT2D eigenvalue weighted by Crippen LogP contribution is 2.43. The molecular formula is C22H18ClF3N2O6. The minimum Gasteiger partial charge on any atom is -0.507 e. The highest BCUT2D eigenvalue weighted by molar-refractivity contribution is 6.32. The van der Waals surface area contributed by atoms with Crippen molar-refractivity contribution in [3.63, 3.8) is 0 Å². The third-order valence-corrected chi connectivity index (χ3v) is 5.95. The Morgan fingerprint density at radius 3 is 2.71 bits per heavy atom. The van der Waals surface area contributed by atoms with E-state index in [1.54, 1.807) is 18.0 Å². The molecule has 8 nitrogen and oxygen atoms in total. The Hall–Kier alpha value is -3.31. The van der Waals surface area contributed by atoms with Gasteiger partial charge in [0.1, 0.15) is 39.5 Å². The molecule has 0 saturated carbocycles. The lowest BCUT2D eigenvalue weighted by Gasteiger charge is -2.36. The summed E-state index contributed by atoms with van der Waals surface area (Å²) in [5.41, 5.74) is -0.727. The number of pyridine rings is 1. The number of hydrogen-bond donors (Lipinski definition) is 2. The topological polar surface area (TPSA) is 113 Å². The van der Waals surface area contributed by atoms with E-state index < -0.39 is 41.1 Å². The number of ether oxygens (including phenoxy) is 1. The molecule has 2 atom stereocenters. The van der Waals surface area contributed by atoms with Gasteiger partial charge < -0.3 is 24.3 Å². The van der Waals surface area contributed by atoms with E-state index in [1.165, 1.54) is 12.3 Å². The molecule has 1 saturated heterocycles. The summed E-state index contributed by atoms with van der Waals surface area (Å²) in [7, 11) is 1.64. The molecule has 1 aliphatic rings. The van der Waals surface area contributed by atoms with Crippen LogP contribution in [0, 0.1) is 0 Å². The summed E-state index contributed by atoms with van der Waals surface area (Å²) < 4.78 is 49.3. The minimum absolute atomic E-state index is 0.0206. The number of esters is 1. The first-order valence-corrected chi connectivity index (χ1v) is 10.4. The number of carbonyl (C=O) groups is 1. The number of aromatic nitrogens is 1. The molecule has 2 N–H and O–H groups in total.